The second-order valence-corrected chi connectivity index (χ2v) is 4.72. The zero-order valence-corrected chi connectivity index (χ0v) is 11.2. The minimum absolute atomic E-state index is 0.111. The number of hydrazone groups is 1. The number of benzene rings is 1. The highest BCUT2D eigenvalue weighted by Crippen LogP contribution is 2.37. The van der Waals surface area contributed by atoms with Gasteiger partial charge in [0, 0.05) is 18.0 Å². The van der Waals surface area contributed by atoms with Crippen LogP contribution in [0.25, 0.3) is 0 Å². The van der Waals surface area contributed by atoms with E-state index in [1.54, 1.807) is 6.92 Å². The van der Waals surface area contributed by atoms with Crippen molar-refractivity contribution >= 4 is 17.5 Å². The molecule has 1 heterocycles. The Morgan fingerprint density at radius 1 is 1.52 bits per heavy atom. The maximum atomic E-state index is 12.8. The molecule has 0 fully saturated rings. The van der Waals surface area contributed by atoms with Crippen LogP contribution in [0.1, 0.15) is 30.9 Å². The molecule has 1 aliphatic rings. The van der Waals surface area contributed by atoms with Crippen LogP contribution in [0.5, 0.6) is 0 Å². The molecule has 3 N–H and O–H groups in total. The lowest BCUT2D eigenvalue weighted by Gasteiger charge is -2.35. The van der Waals surface area contributed by atoms with Gasteiger partial charge in [-0.05, 0) is 24.6 Å². The summed E-state index contributed by atoms with van der Waals surface area (Å²) in [6.07, 6.45) is -5.03. The van der Waals surface area contributed by atoms with Gasteiger partial charge in [-0.2, -0.15) is 18.3 Å². The molecule has 0 aliphatic carbocycles. The van der Waals surface area contributed by atoms with E-state index in [4.69, 9.17) is 5.84 Å². The molecule has 1 aromatic carbocycles. The summed E-state index contributed by atoms with van der Waals surface area (Å²) in [6, 6.07) is 2.51. The second kappa shape index (κ2) is 5.27. The summed E-state index contributed by atoms with van der Waals surface area (Å²) in [5.41, 5.74) is -0.291. The Morgan fingerprint density at radius 3 is 2.67 bits per heavy atom. The van der Waals surface area contributed by atoms with Gasteiger partial charge >= 0.3 is 12.3 Å². The highest BCUT2D eigenvalue weighted by atomic mass is 19.4. The van der Waals surface area contributed by atoms with Crippen LogP contribution < -0.4 is 10.7 Å². The van der Waals surface area contributed by atoms with E-state index in [1.807, 2.05) is 0 Å². The molecular formula is C13H14F3N3O2. The van der Waals surface area contributed by atoms with E-state index in [2.05, 4.69) is 5.10 Å². The third-order valence-corrected chi connectivity index (χ3v) is 3.52. The van der Waals surface area contributed by atoms with E-state index < -0.39 is 23.9 Å². The molecule has 0 aromatic heterocycles. The fourth-order valence-electron chi connectivity index (χ4n) is 2.48. The van der Waals surface area contributed by atoms with Gasteiger partial charge in [-0.25, -0.2) is 4.79 Å². The smallest absolute Gasteiger partial charge is 0.416 e. The van der Waals surface area contributed by atoms with Crippen LogP contribution in [0.3, 0.4) is 0 Å². The van der Waals surface area contributed by atoms with Crippen LogP contribution in [-0.2, 0) is 6.18 Å². The van der Waals surface area contributed by atoms with Crippen molar-refractivity contribution in [3.8, 4) is 0 Å². The number of anilines is 1. The van der Waals surface area contributed by atoms with Crippen LogP contribution in [0.15, 0.2) is 23.3 Å². The number of amides is 1. The van der Waals surface area contributed by atoms with Crippen molar-refractivity contribution in [3.63, 3.8) is 0 Å². The Kier molecular flexibility index (Phi) is 3.80. The number of carboxylic acid groups (broad SMARTS) is 1. The van der Waals surface area contributed by atoms with Gasteiger partial charge < -0.3 is 10.9 Å². The minimum Gasteiger partial charge on any atom is -0.465 e. The average molecular weight is 301 g/mol. The lowest BCUT2D eigenvalue weighted by atomic mass is 9.91. The molecule has 0 bridgehead atoms. The Balaban J connectivity index is 2.63. The number of hydrogen-bond donors (Lipinski definition) is 2. The highest BCUT2D eigenvalue weighted by molar-refractivity contribution is 6.10. The molecule has 2 rings (SSSR count). The monoisotopic (exact) mass is 301 g/mol. The van der Waals surface area contributed by atoms with Crippen molar-refractivity contribution < 1.29 is 23.1 Å². The van der Waals surface area contributed by atoms with Crippen molar-refractivity contribution in [1.82, 2.24) is 0 Å². The molecule has 1 amide bonds. The van der Waals surface area contributed by atoms with Gasteiger partial charge in [-0.3, -0.25) is 4.90 Å². The Morgan fingerprint density at radius 2 is 2.19 bits per heavy atom. The molecule has 0 radical (unpaired) electrons. The van der Waals surface area contributed by atoms with Gasteiger partial charge in [-0.1, -0.05) is 6.92 Å². The molecule has 0 saturated heterocycles. The molecule has 8 heteroatoms. The summed E-state index contributed by atoms with van der Waals surface area (Å²) in [7, 11) is 0. The predicted octanol–water partition coefficient (Wildman–Crippen LogP) is 3.03. The number of fused-ring (bicyclic) bond motifs is 1. The Labute approximate surface area is 118 Å². The van der Waals surface area contributed by atoms with Crippen LogP contribution in [-0.4, -0.2) is 23.0 Å². The molecule has 1 aliphatic heterocycles. The van der Waals surface area contributed by atoms with Gasteiger partial charge in [0.1, 0.15) is 0 Å². The molecule has 0 saturated carbocycles. The first-order valence-electron chi connectivity index (χ1n) is 6.30. The largest absolute Gasteiger partial charge is 0.465 e. The predicted molar refractivity (Wildman–Crippen MR) is 71.4 cm³/mol. The van der Waals surface area contributed by atoms with E-state index in [1.165, 1.54) is 0 Å². The maximum absolute atomic E-state index is 12.8. The fourth-order valence-corrected chi connectivity index (χ4v) is 2.48. The summed E-state index contributed by atoms with van der Waals surface area (Å²) in [4.78, 5) is 12.5. The number of alkyl halides is 3. The van der Waals surface area contributed by atoms with E-state index in [9.17, 15) is 23.1 Å². The summed E-state index contributed by atoms with van der Waals surface area (Å²) in [6.45, 7) is 1.80. The summed E-state index contributed by atoms with van der Waals surface area (Å²) in [5, 5.41) is 12.8. The molecule has 114 valence electrons. The van der Waals surface area contributed by atoms with Crippen LogP contribution >= 0.6 is 0 Å². The molecule has 0 unspecified atom stereocenters. The fraction of sp³-hybridized carbons (Fsp3) is 0.385. The van der Waals surface area contributed by atoms with Gasteiger partial charge in [0.15, 0.2) is 0 Å². The number of hydrogen-bond acceptors (Lipinski definition) is 3. The summed E-state index contributed by atoms with van der Waals surface area (Å²) < 4.78 is 38.4. The van der Waals surface area contributed by atoms with E-state index in [0.29, 0.717) is 6.42 Å². The van der Waals surface area contributed by atoms with Gasteiger partial charge in [0.25, 0.3) is 0 Å². The molecule has 21 heavy (non-hydrogen) atoms. The average Bonchev–Trinajstić information content (AvgIpc) is 2.43. The third kappa shape index (κ3) is 2.65. The second-order valence-electron chi connectivity index (χ2n) is 4.72. The number of rotatable bonds is 1. The highest BCUT2D eigenvalue weighted by Gasteiger charge is 2.37. The molecule has 5 nitrogen and oxygen atoms in total. The van der Waals surface area contributed by atoms with Crippen molar-refractivity contribution in [1.29, 1.82) is 0 Å². The van der Waals surface area contributed by atoms with Gasteiger partial charge in [-0.15, -0.1) is 0 Å². The minimum atomic E-state index is -4.51. The van der Waals surface area contributed by atoms with Gasteiger partial charge in [0.05, 0.1) is 17.0 Å². The number of carbonyl (C=O) groups is 1. The topological polar surface area (TPSA) is 78.9 Å². The van der Waals surface area contributed by atoms with Gasteiger partial charge in [0.2, 0.25) is 0 Å². The number of nitrogens with two attached hydrogens (primary N) is 1. The molecule has 1 atom stereocenters. The molecule has 0 spiro atoms. The number of halogens is 3. The first-order chi connectivity index (χ1) is 9.79. The van der Waals surface area contributed by atoms with Crippen LogP contribution in [0.2, 0.25) is 0 Å². The quantitative estimate of drug-likeness (QED) is 0.618. The van der Waals surface area contributed by atoms with E-state index >= 15 is 0 Å². The standard InChI is InChI=1S/C13H14F3N3O2/c1-2-8-6-10(18-17)9-5-7(13(14,15)16)3-4-11(9)19(8)12(20)21/h3-5,8H,2,6,17H2,1H3,(H,20,21)/t8-/m1/s1. The van der Waals surface area contributed by atoms with E-state index in [-0.39, 0.29) is 23.4 Å². The zero-order valence-electron chi connectivity index (χ0n) is 11.2. The summed E-state index contributed by atoms with van der Waals surface area (Å²) >= 11 is 0. The van der Waals surface area contributed by atoms with E-state index in [0.717, 1.165) is 23.1 Å². The molecular weight excluding hydrogens is 287 g/mol. The first kappa shape index (κ1) is 15.1. The first-order valence-corrected chi connectivity index (χ1v) is 6.30. The normalized spacial score (nSPS) is 20.5. The Bertz CT molecular complexity index is 599. The van der Waals surface area contributed by atoms with Crippen molar-refractivity contribution in [2.45, 2.75) is 32.0 Å². The maximum Gasteiger partial charge on any atom is 0.416 e. The third-order valence-electron chi connectivity index (χ3n) is 3.52. The van der Waals surface area contributed by atoms with Crippen LogP contribution in [0, 0.1) is 0 Å². The number of nitrogens with zero attached hydrogens (tertiary/aromatic N) is 2. The zero-order chi connectivity index (χ0) is 15.8. The van der Waals surface area contributed by atoms with Crippen molar-refractivity contribution in [2.75, 3.05) is 4.90 Å². The lowest BCUT2D eigenvalue weighted by Crippen LogP contribution is -2.45. The SMILES string of the molecule is CC[C@@H]1CC(=NN)c2cc(C(F)(F)F)ccc2N1C(=O)O. The molecule has 1 aromatic rings. The Hall–Kier alpha value is -2.25. The lowest BCUT2D eigenvalue weighted by molar-refractivity contribution is -0.137. The van der Waals surface area contributed by atoms with Crippen molar-refractivity contribution in [3.05, 3.63) is 29.3 Å². The van der Waals surface area contributed by atoms with Crippen LogP contribution in [0.4, 0.5) is 23.7 Å². The summed E-state index contributed by atoms with van der Waals surface area (Å²) in [5.74, 6) is 5.26. The van der Waals surface area contributed by atoms with Crippen molar-refractivity contribution in [2.24, 2.45) is 10.9 Å².